The Labute approximate surface area is 343 Å². The zero-order valence-corrected chi connectivity index (χ0v) is 32.1. The van der Waals surface area contributed by atoms with Gasteiger partial charge in [0.2, 0.25) is 0 Å². The molecule has 0 aliphatic heterocycles. The molecule has 5 nitrogen and oxygen atoms in total. The van der Waals surface area contributed by atoms with Crippen LogP contribution in [0.3, 0.4) is 0 Å². The van der Waals surface area contributed by atoms with Gasteiger partial charge in [-0.2, -0.15) is 0 Å². The van der Waals surface area contributed by atoms with Crippen LogP contribution < -0.4 is 0 Å². The minimum Gasteiger partial charge on any atom is -0.456 e. The van der Waals surface area contributed by atoms with Gasteiger partial charge in [-0.3, -0.25) is 0 Å². The fraction of sp³-hybridized carbons (Fsp3) is 0. The van der Waals surface area contributed by atoms with Crippen LogP contribution in [-0.4, -0.2) is 15.0 Å². The average molecular weight is 766 g/mol. The quantitative estimate of drug-likeness (QED) is 0.175. The Hall–Kier alpha value is -8.15. The van der Waals surface area contributed by atoms with E-state index in [2.05, 4.69) is 140 Å². The first kappa shape index (κ1) is 32.9. The molecule has 0 saturated heterocycles. The molecule has 9 aromatic carbocycles. The van der Waals surface area contributed by atoms with Crippen molar-refractivity contribution < 1.29 is 8.83 Å². The molecule has 0 bridgehead atoms. The van der Waals surface area contributed by atoms with Crippen molar-refractivity contribution in [3.63, 3.8) is 0 Å². The van der Waals surface area contributed by atoms with E-state index in [0.717, 1.165) is 71.7 Å². The van der Waals surface area contributed by atoms with Crippen molar-refractivity contribution in [1.29, 1.82) is 0 Å². The fourth-order valence-electron chi connectivity index (χ4n) is 9.21. The standard InChI is InChI=1S/C55H31N3O2/c1-2-9-40-39(8-1)46-13-7-12-45-38(28-29-47(40)52(45)46)34-20-16-32(17-21-34)33-18-22-35(23-19-33)53-56-54(36-24-26-43-41-10-3-5-14-48(41)59-50(43)30-36)58-55(57-53)37-25-27-44-42-11-4-6-15-49(42)60-51(44)31-37/h1-31H. The zero-order valence-electron chi connectivity index (χ0n) is 32.1. The monoisotopic (exact) mass is 765 g/mol. The van der Waals surface area contributed by atoms with E-state index in [0.29, 0.717) is 17.5 Å². The van der Waals surface area contributed by atoms with E-state index in [-0.39, 0.29) is 0 Å². The second kappa shape index (κ2) is 12.7. The molecule has 0 radical (unpaired) electrons. The summed E-state index contributed by atoms with van der Waals surface area (Å²) < 4.78 is 12.5. The third-order valence-corrected chi connectivity index (χ3v) is 12.1. The number of furan rings is 2. The number of rotatable bonds is 5. The van der Waals surface area contributed by atoms with Crippen molar-refractivity contribution in [3.8, 4) is 78.7 Å². The van der Waals surface area contributed by atoms with Crippen LogP contribution in [0.4, 0.5) is 0 Å². The molecule has 60 heavy (non-hydrogen) atoms. The van der Waals surface area contributed by atoms with Crippen LogP contribution in [-0.2, 0) is 0 Å². The summed E-state index contributed by atoms with van der Waals surface area (Å²) in [5, 5.41) is 6.89. The van der Waals surface area contributed by atoms with E-state index in [1.165, 1.54) is 44.2 Å². The number of aromatic nitrogens is 3. The Morgan fingerprint density at radius 1 is 0.250 bits per heavy atom. The fourth-order valence-corrected chi connectivity index (χ4v) is 9.21. The van der Waals surface area contributed by atoms with Gasteiger partial charge in [0.1, 0.15) is 22.3 Å². The van der Waals surface area contributed by atoms with Crippen LogP contribution in [0.5, 0.6) is 0 Å². The van der Waals surface area contributed by atoms with Gasteiger partial charge in [-0.05, 0) is 91.7 Å². The average Bonchev–Trinajstić information content (AvgIpc) is 3.99. The van der Waals surface area contributed by atoms with Gasteiger partial charge in [0.25, 0.3) is 0 Å². The second-order valence-corrected chi connectivity index (χ2v) is 15.5. The Bertz CT molecular complexity index is 3550. The van der Waals surface area contributed by atoms with Crippen LogP contribution >= 0.6 is 0 Å². The topological polar surface area (TPSA) is 65.0 Å². The van der Waals surface area contributed by atoms with Crippen LogP contribution in [0.2, 0.25) is 0 Å². The van der Waals surface area contributed by atoms with Crippen molar-refractivity contribution in [3.05, 3.63) is 188 Å². The Morgan fingerprint density at radius 2 is 0.650 bits per heavy atom. The second-order valence-electron chi connectivity index (χ2n) is 15.5. The normalized spacial score (nSPS) is 12.0. The zero-order chi connectivity index (χ0) is 39.3. The van der Waals surface area contributed by atoms with Gasteiger partial charge in [-0.15, -0.1) is 0 Å². The lowest BCUT2D eigenvalue weighted by molar-refractivity contribution is 0.668. The van der Waals surface area contributed by atoms with Crippen LogP contribution in [0, 0.1) is 0 Å². The molecule has 0 atom stereocenters. The van der Waals surface area contributed by atoms with Gasteiger partial charge < -0.3 is 8.83 Å². The molecule has 0 unspecified atom stereocenters. The summed E-state index contributed by atoms with van der Waals surface area (Å²) in [6.45, 7) is 0. The number of hydrogen-bond donors (Lipinski definition) is 0. The first-order chi connectivity index (χ1) is 29.7. The van der Waals surface area contributed by atoms with E-state index < -0.39 is 0 Å². The maximum atomic E-state index is 6.27. The molecule has 13 rings (SSSR count). The maximum absolute atomic E-state index is 6.27. The minimum atomic E-state index is 0.564. The Morgan fingerprint density at radius 3 is 1.23 bits per heavy atom. The van der Waals surface area contributed by atoms with E-state index in [1.54, 1.807) is 0 Å². The lowest BCUT2D eigenvalue weighted by atomic mass is 9.93. The summed E-state index contributed by atoms with van der Waals surface area (Å²) in [5.74, 6) is 1.71. The molecule has 0 fully saturated rings. The lowest BCUT2D eigenvalue weighted by Gasteiger charge is -2.11. The van der Waals surface area contributed by atoms with Crippen molar-refractivity contribution in [2.24, 2.45) is 0 Å². The molecule has 1 aliphatic carbocycles. The highest BCUT2D eigenvalue weighted by Gasteiger charge is 2.22. The summed E-state index contributed by atoms with van der Waals surface area (Å²) in [6, 6.07) is 65.9. The molecule has 1 aliphatic rings. The third-order valence-electron chi connectivity index (χ3n) is 12.1. The van der Waals surface area contributed by atoms with E-state index in [4.69, 9.17) is 23.8 Å². The van der Waals surface area contributed by atoms with E-state index in [9.17, 15) is 0 Å². The molecule has 5 heteroatoms. The molecular weight excluding hydrogens is 735 g/mol. The molecule has 3 heterocycles. The maximum Gasteiger partial charge on any atom is 0.164 e. The minimum absolute atomic E-state index is 0.564. The summed E-state index contributed by atoms with van der Waals surface area (Å²) in [5.41, 5.74) is 15.8. The molecule has 0 amide bonds. The van der Waals surface area contributed by atoms with Gasteiger partial charge in [0.15, 0.2) is 17.5 Å². The highest BCUT2D eigenvalue weighted by Crippen LogP contribution is 2.49. The van der Waals surface area contributed by atoms with Gasteiger partial charge in [-0.25, -0.2) is 15.0 Å². The van der Waals surface area contributed by atoms with Crippen molar-refractivity contribution in [2.75, 3.05) is 0 Å². The summed E-state index contributed by atoms with van der Waals surface area (Å²) in [7, 11) is 0. The predicted molar refractivity (Wildman–Crippen MR) is 243 cm³/mol. The predicted octanol–water partition coefficient (Wildman–Crippen LogP) is 14.8. The first-order valence-electron chi connectivity index (χ1n) is 20.2. The van der Waals surface area contributed by atoms with E-state index >= 15 is 0 Å². The van der Waals surface area contributed by atoms with Gasteiger partial charge >= 0.3 is 0 Å². The molecular formula is C55H31N3O2. The lowest BCUT2D eigenvalue weighted by Crippen LogP contribution is -2.00. The van der Waals surface area contributed by atoms with Crippen molar-refractivity contribution >= 4 is 54.6 Å². The number of fused-ring (bicyclic) bond motifs is 9. The van der Waals surface area contributed by atoms with Gasteiger partial charge in [0, 0.05) is 38.2 Å². The molecule has 3 aromatic heterocycles. The smallest absolute Gasteiger partial charge is 0.164 e. The first-order valence-corrected chi connectivity index (χ1v) is 20.2. The largest absolute Gasteiger partial charge is 0.456 e. The molecule has 12 aromatic rings. The number of hydrogen-bond acceptors (Lipinski definition) is 5. The summed E-state index contributed by atoms with van der Waals surface area (Å²) in [4.78, 5) is 15.2. The van der Waals surface area contributed by atoms with Crippen LogP contribution in [0.1, 0.15) is 0 Å². The number of para-hydroxylation sites is 2. The van der Waals surface area contributed by atoms with Gasteiger partial charge in [-0.1, -0.05) is 152 Å². The molecule has 0 spiro atoms. The molecule has 0 N–H and O–H groups in total. The SMILES string of the molecule is c1ccc2c(c1)-c1cccc3c(-c4ccc(-c5ccc(-c6nc(-c7ccc8c(c7)oc7ccccc78)nc(-c7ccc8c(c7)oc7ccccc78)n6)cc5)cc4)ccc-2c13. The highest BCUT2D eigenvalue weighted by molar-refractivity contribution is 6.18. The Balaban J connectivity index is 0.873. The van der Waals surface area contributed by atoms with E-state index in [1.807, 2.05) is 48.5 Å². The Kier molecular flexibility index (Phi) is 6.95. The summed E-state index contributed by atoms with van der Waals surface area (Å²) in [6.07, 6.45) is 0. The van der Waals surface area contributed by atoms with Crippen LogP contribution in [0.25, 0.3) is 133 Å². The number of nitrogens with zero attached hydrogens (tertiary/aromatic N) is 3. The number of benzene rings is 9. The van der Waals surface area contributed by atoms with Crippen LogP contribution in [0.15, 0.2) is 197 Å². The van der Waals surface area contributed by atoms with Crippen molar-refractivity contribution in [2.45, 2.75) is 0 Å². The van der Waals surface area contributed by atoms with Gasteiger partial charge in [0.05, 0.1) is 0 Å². The highest BCUT2D eigenvalue weighted by atomic mass is 16.3. The molecule has 278 valence electrons. The third kappa shape index (κ3) is 5.03. The summed E-state index contributed by atoms with van der Waals surface area (Å²) >= 11 is 0. The van der Waals surface area contributed by atoms with Crippen molar-refractivity contribution in [1.82, 2.24) is 15.0 Å². The molecule has 0 saturated carbocycles.